The molecule has 41 heavy (non-hydrogen) atoms. The summed E-state index contributed by atoms with van der Waals surface area (Å²) in [4.78, 5) is 39.5. The van der Waals surface area contributed by atoms with E-state index in [1.165, 1.54) is 5.37 Å². The fraction of sp³-hybridized carbons (Fsp3) is 0.786. The van der Waals surface area contributed by atoms with Crippen molar-refractivity contribution in [2.45, 2.75) is 47.5 Å². The Hall–Kier alpha value is 0.440. The number of aliphatic carboxylic acids is 2. The van der Waals surface area contributed by atoms with E-state index in [1.54, 1.807) is 12.5 Å². The van der Waals surface area contributed by atoms with Crippen molar-refractivity contribution in [1.29, 1.82) is 0 Å². The van der Waals surface area contributed by atoms with Crippen LogP contribution in [-0.4, -0.2) is 125 Å². The maximum Gasteiger partial charge on any atom is 0.332 e. The molecule has 0 radical (unpaired) electrons. The monoisotopic (exact) mass is 941 g/mol. The number of hydrogen-bond donors (Lipinski definition) is 2. The Morgan fingerprint density at radius 2 is 1.29 bits per heavy atom. The molecule has 3 heterocycles. The van der Waals surface area contributed by atoms with Crippen LogP contribution in [0.1, 0.15) is 47.5 Å². The maximum atomic E-state index is 11.9. The molecule has 244 valence electrons. The van der Waals surface area contributed by atoms with Gasteiger partial charge in [0.1, 0.15) is 0 Å². The normalized spacial score (nSPS) is 24.3. The van der Waals surface area contributed by atoms with Gasteiger partial charge in [0.2, 0.25) is 0 Å². The lowest BCUT2D eigenvalue weighted by atomic mass is 9.91. The average molecular weight is 942 g/mol. The van der Waals surface area contributed by atoms with Gasteiger partial charge >= 0.3 is 11.9 Å². The van der Waals surface area contributed by atoms with E-state index in [9.17, 15) is 18.6 Å². The summed E-state index contributed by atoms with van der Waals surface area (Å²) in [6.45, 7) is 11.0. The highest BCUT2D eigenvalue weighted by atomic mass is 128. The van der Waals surface area contributed by atoms with Crippen molar-refractivity contribution < 1.29 is 28.8 Å². The van der Waals surface area contributed by atoms with Gasteiger partial charge < -0.3 is 20.0 Å². The number of likely N-dealkylation sites (N-methyl/N-ethyl adjacent to an activating group) is 1. The van der Waals surface area contributed by atoms with Crippen LogP contribution in [-0.2, 0) is 23.9 Å². The number of carbonyl (C=O) groups excluding carboxylic acids is 1. The summed E-state index contributed by atoms with van der Waals surface area (Å²) in [5, 5.41) is 19.0. The van der Waals surface area contributed by atoms with E-state index in [1.807, 2.05) is 33.0 Å². The minimum atomic E-state index is -2.05. The lowest BCUT2D eigenvalue weighted by molar-refractivity contribution is -0.142. The van der Waals surface area contributed by atoms with Crippen LogP contribution in [0.3, 0.4) is 0 Å². The third kappa shape index (κ3) is 16.9. The molecule has 3 aliphatic rings. The smallest absolute Gasteiger partial charge is 0.332 e. The first kappa shape index (κ1) is 45.9. The molecular weight excluding hydrogens is 887 g/mol. The van der Waals surface area contributed by atoms with Crippen LogP contribution < -0.4 is 0 Å². The van der Waals surface area contributed by atoms with E-state index in [-0.39, 0.29) is 49.0 Å². The molecule has 3 rings (SSSR count). The SMILES string of the molecule is C.CCC1=C(C(=O)O)CN(C)C1.CC[C@@H]1CN(C)C[C@@H]1C(=O)C=S(C)(C)=O.CC[C@@H]1CN(C)C[C@@H]1C(=O)O.I.II. The van der Waals surface area contributed by atoms with Crippen molar-refractivity contribution in [3.63, 3.8) is 0 Å². The molecule has 0 aromatic heterocycles. The Morgan fingerprint density at radius 3 is 1.61 bits per heavy atom. The molecule has 0 aromatic carbocycles. The molecule has 0 bridgehead atoms. The Morgan fingerprint density at radius 1 is 0.854 bits per heavy atom. The minimum absolute atomic E-state index is 0. The number of ketones is 1. The molecule has 3 aliphatic heterocycles. The first-order chi connectivity index (χ1) is 18.1. The molecule has 13 heteroatoms. The predicted octanol–water partition coefficient (Wildman–Crippen LogP) is 4.90. The third-order valence-corrected chi connectivity index (χ3v) is 8.18. The van der Waals surface area contributed by atoms with Gasteiger partial charge in [-0.3, -0.25) is 18.7 Å². The van der Waals surface area contributed by atoms with Crippen molar-refractivity contribution in [2.24, 2.45) is 23.7 Å². The number of hydrogen-bond acceptors (Lipinski definition) is 7. The van der Waals surface area contributed by atoms with Gasteiger partial charge in [-0.25, -0.2) is 4.79 Å². The quantitative estimate of drug-likeness (QED) is 0.272. The van der Waals surface area contributed by atoms with Crippen LogP contribution in [0.25, 0.3) is 0 Å². The van der Waals surface area contributed by atoms with Crippen LogP contribution >= 0.6 is 61.2 Å². The number of carbonyl (C=O) groups is 3. The predicted molar refractivity (Wildman–Crippen MR) is 201 cm³/mol. The molecule has 2 saturated heterocycles. The van der Waals surface area contributed by atoms with Gasteiger partial charge in [-0.05, 0) is 54.5 Å². The molecule has 2 N–H and O–H groups in total. The first-order valence-corrected chi connectivity index (χ1v) is 22.0. The number of carboxylic acids is 2. The number of halogens is 3. The highest BCUT2D eigenvalue weighted by Gasteiger charge is 2.35. The van der Waals surface area contributed by atoms with Gasteiger partial charge in [0.15, 0.2) is 5.78 Å². The fourth-order valence-corrected chi connectivity index (χ4v) is 6.11. The van der Waals surface area contributed by atoms with E-state index in [0.29, 0.717) is 30.5 Å². The number of likely N-dealkylation sites (tertiary alicyclic amines) is 2. The van der Waals surface area contributed by atoms with Crippen molar-refractivity contribution in [1.82, 2.24) is 14.7 Å². The van der Waals surface area contributed by atoms with Gasteiger partial charge in [-0.15, -0.1) is 24.0 Å². The van der Waals surface area contributed by atoms with Gasteiger partial charge in [0.25, 0.3) is 0 Å². The maximum absolute atomic E-state index is 11.9. The topological polar surface area (TPSA) is 118 Å². The van der Waals surface area contributed by atoms with E-state index in [2.05, 4.69) is 60.9 Å². The second kappa shape index (κ2) is 22.9. The molecule has 0 unspecified atom stereocenters. The highest BCUT2D eigenvalue weighted by molar-refractivity contribution is 15.0. The van der Waals surface area contributed by atoms with Gasteiger partial charge in [0.05, 0.1) is 11.5 Å². The Bertz CT molecular complexity index is 964. The average Bonchev–Trinajstić information content (AvgIpc) is 3.55. The molecule has 0 amide bonds. The number of carboxylic acid groups (broad SMARTS) is 2. The van der Waals surface area contributed by atoms with Crippen LogP contribution in [0.15, 0.2) is 11.1 Å². The summed E-state index contributed by atoms with van der Waals surface area (Å²) in [6.07, 6.45) is 6.07. The Balaban J connectivity index is -0.000000508. The summed E-state index contributed by atoms with van der Waals surface area (Å²) < 4.78 is 11.5. The molecule has 9 nitrogen and oxygen atoms in total. The van der Waals surface area contributed by atoms with E-state index >= 15 is 0 Å². The molecule has 0 aliphatic carbocycles. The second-order valence-corrected chi connectivity index (χ2v) is 13.9. The highest BCUT2D eigenvalue weighted by Crippen LogP contribution is 2.26. The molecule has 0 saturated carbocycles. The molecule has 2 fully saturated rings. The van der Waals surface area contributed by atoms with Gasteiger partial charge in [-0.1, -0.05) is 41.0 Å². The number of rotatable bonds is 7. The molecule has 4 atom stereocenters. The van der Waals surface area contributed by atoms with Crippen LogP contribution in [0, 0.1) is 23.7 Å². The lowest BCUT2D eigenvalue weighted by Gasteiger charge is -2.13. The molecule has 0 aromatic rings. The summed E-state index contributed by atoms with van der Waals surface area (Å²) >= 11 is 4.24. The van der Waals surface area contributed by atoms with Crippen molar-refractivity contribution in [2.75, 3.05) is 72.9 Å². The van der Waals surface area contributed by atoms with Crippen LogP contribution in [0.5, 0.6) is 0 Å². The lowest BCUT2D eigenvalue weighted by Crippen LogP contribution is -2.25. The van der Waals surface area contributed by atoms with Crippen molar-refractivity contribution >= 4 is 93.8 Å². The standard InChI is InChI=1S/C11H21NO2S.C8H15NO2.C8H13NO2.CH4.I2.HI/c1-5-9-6-12(2)7-10(9)11(13)8-15(3,4)14;2*1-3-6-4-9(2)5-7(6)8(10)11;;1-2;/h8-10H,5-7H2,1-4H3;6-7H,3-5H2,1-2H3,(H,10,11);3-5H2,1-2H3,(H,10,11);1H4;;1H/t9-,10+;6-,7+;;;;/m11..../s1. The summed E-state index contributed by atoms with van der Waals surface area (Å²) in [6, 6.07) is 0. The van der Waals surface area contributed by atoms with Gasteiger partial charge in [0, 0.05) is 100 Å². The second-order valence-electron chi connectivity index (χ2n) is 11.1. The van der Waals surface area contributed by atoms with Crippen LogP contribution in [0.4, 0.5) is 0 Å². The van der Waals surface area contributed by atoms with Crippen molar-refractivity contribution in [3.8, 4) is 0 Å². The zero-order valence-electron chi connectivity index (χ0n) is 25.2. The number of nitrogens with zero attached hydrogens (tertiary/aromatic N) is 3. The zero-order chi connectivity index (χ0) is 30.5. The molecular formula is C28H54I3N3O6S. The third-order valence-electron chi connectivity index (χ3n) is 7.38. The summed E-state index contributed by atoms with van der Waals surface area (Å²) in [7, 11) is 3.89. The van der Waals surface area contributed by atoms with Crippen LogP contribution in [0.2, 0.25) is 0 Å². The van der Waals surface area contributed by atoms with E-state index < -0.39 is 21.5 Å². The summed E-state index contributed by atoms with van der Waals surface area (Å²) in [5.41, 5.74) is 1.66. The summed E-state index contributed by atoms with van der Waals surface area (Å²) in [5.74, 6) is -0.614. The van der Waals surface area contributed by atoms with E-state index in [0.717, 1.165) is 51.0 Å². The van der Waals surface area contributed by atoms with E-state index in [4.69, 9.17) is 10.2 Å². The Labute approximate surface area is 290 Å². The first-order valence-electron chi connectivity index (χ1n) is 13.3. The minimum Gasteiger partial charge on any atom is -0.481 e. The molecule has 0 spiro atoms. The zero-order valence-corrected chi connectivity index (χ0v) is 32.7. The van der Waals surface area contributed by atoms with Crippen molar-refractivity contribution in [3.05, 3.63) is 11.1 Å². The largest absolute Gasteiger partial charge is 0.481 e. The van der Waals surface area contributed by atoms with Gasteiger partial charge in [-0.2, -0.15) is 0 Å². The number of Topliss-reactive ketones (excluding diaryl/α,β-unsaturated/α-hetero) is 1. The Kier molecular flexibility index (Phi) is 25.6. The fourth-order valence-electron chi connectivity index (χ4n) is 5.37.